The lowest BCUT2D eigenvalue weighted by Crippen LogP contribution is -2.46. The average Bonchev–Trinajstić information content (AvgIpc) is 3.32. The van der Waals surface area contributed by atoms with Crippen LogP contribution < -0.4 is 0 Å². The third-order valence-electron chi connectivity index (χ3n) is 5.57. The Morgan fingerprint density at radius 1 is 1.28 bits per heavy atom. The molecule has 7 heteroatoms. The van der Waals surface area contributed by atoms with Crippen LogP contribution in [0.25, 0.3) is 5.70 Å². The number of carbonyl (C=O) groups excluding carboxylic acids is 2. The lowest BCUT2D eigenvalue weighted by molar-refractivity contribution is -0.148. The van der Waals surface area contributed by atoms with Crippen LogP contribution in [0.2, 0.25) is 0 Å². The van der Waals surface area contributed by atoms with E-state index in [1.54, 1.807) is 0 Å². The highest BCUT2D eigenvalue weighted by atomic mass is 79.9. The number of ether oxygens (including phenoxy) is 1. The summed E-state index contributed by atoms with van der Waals surface area (Å²) in [5.74, 6) is -0.689. The highest BCUT2D eigenvalue weighted by Gasteiger charge is 2.40. The van der Waals surface area contributed by atoms with Gasteiger partial charge in [0, 0.05) is 23.1 Å². The second-order valence-electron chi connectivity index (χ2n) is 8.04. The number of methoxy groups -OCH3 is 1. The number of aliphatic imine (C=N–C) groups is 1. The van der Waals surface area contributed by atoms with Crippen molar-refractivity contribution in [2.75, 3.05) is 27.4 Å². The summed E-state index contributed by atoms with van der Waals surface area (Å²) in [6.07, 6.45) is 2.96. The fraction of sp³-hybridized carbons (Fsp3) is 0.500. The molecule has 2 heterocycles. The number of esters is 1. The van der Waals surface area contributed by atoms with E-state index in [1.807, 2.05) is 50.1 Å². The first-order valence-electron chi connectivity index (χ1n) is 9.89. The zero-order valence-corrected chi connectivity index (χ0v) is 19.0. The van der Waals surface area contributed by atoms with Crippen LogP contribution in [0.1, 0.15) is 32.3 Å². The van der Waals surface area contributed by atoms with Gasteiger partial charge in [-0.05, 0) is 30.7 Å². The number of likely N-dealkylation sites (N-methyl/N-ethyl adjacent to an activating group) is 1. The van der Waals surface area contributed by atoms with Gasteiger partial charge in [0.25, 0.3) is 0 Å². The van der Waals surface area contributed by atoms with Crippen LogP contribution in [0.3, 0.4) is 0 Å². The Labute approximate surface area is 180 Å². The van der Waals surface area contributed by atoms with Gasteiger partial charge in [-0.1, -0.05) is 48.0 Å². The summed E-state index contributed by atoms with van der Waals surface area (Å²) >= 11 is 3.46. The van der Waals surface area contributed by atoms with E-state index in [1.165, 1.54) is 7.11 Å². The fourth-order valence-corrected chi connectivity index (χ4v) is 4.13. The Hall–Kier alpha value is -1.99. The van der Waals surface area contributed by atoms with Crippen molar-refractivity contribution in [3.05, 3.63) is 40.4 Å². The largest absolute Gasteiger partial charge is 0.469 e. The molecule has 0 aromatic heterocycles. The van der Waals surface area contributed by atoms with Gasteiger partial charge in [-0.2, -0.15) is 0 Å². The molecule has 1 aromatic rings. The minimum absolute atomic E-state index is 0.000424. The molecule has 29 heavy (non-hydrogen) atoms. The third-order valence-corrected chi connectivity index (χ3v) is 6.10. The summed E-state index contributed by atoms with van der Waals surface area (Å²) in [7, 11) is 3.36. The number of halogens is 1. The summed E-state index contributed by atoms with van der Waals surface area (Å²) in [6.45, 7) is 5.23. The Morgan fingerprint density at radius 3 is 2.59 bits per heavy atom. The second-order valence-corrected chi connectivity index (χ2v) is 8.95. The quantitative estimate of drug-likeness (QED) is 0.607. The van der Waals surface area contributed by atoms with Crippen LogP contribution in [-0.4, -0.2) is 60.8 Å². The Balaban J connectivity index is 1.79. The molecular weight excluding hydrogens is 434 g/mol. The highest BCUT2D eigenvalue weighted by molar-refractivity contribution is 9.10. The molecule has 0 unspecified atom stereocenters. The van der Waals surface area contributed by atoms with Crippen molar-refractivity contribution in [3.8, 4) is 0 Å². The lowest BCUT2D eigenvalue weighted by Gasteiger charge is -2.29. The topological polar surface area (TPSA) is 62.2 Å². The smallest absolute Gasteiger partial charge is 0.306 e. The summed E-state index contributed by atoms with van der Waals surface area (Å²) in [5.41, 5.74) is 3.02. The van der Waals surface area contributed by atoms with Crippen molar-refractivity contribution in [3.63, 3.8) is 0 Å². The SMILES string of the molecule is COC(=O)C[C@H](C(=O)N1CN(C)C[C@H]1C1=NC(c2ccc(Br)cc2)=CC1)C(C)C. The molecule has 6 nitrogen and oxygen atoms in total. The van der Waals surface area contributed by atoms with Gasteiger partial charge >= 0.3 is 5.97 Å². The monoisotopic (exact) mass is 461 g/mol. The molecule has 156 valence electrons. The predicted octanol–water partition coefficient (Wildman–Crippen LogP) is 3.57. The minimum atomic E-state index is -0.391. The fourth-order valence-electron chi connectivity index (χ4n) is 3.86. The van der Waals surface area contributed by atoms with E-state index in [2.05, 4.69) is 26.9 Å². The van der Waals surface area contributed by atoms with Crippen LogP contribution >= 0.6 is 15.9 Å². The molecule has 1 saturated heterocycles. The summed E-state index contributed by atoms with van der Waals surface area (Å²) < 4.78 is 5.84. The van der Waals surface area contributed by atoms with E-state index < -0.39 is 5.92 Å². The first-order chi connectivity index (χ1) is 13.8. The number of hydrogen-bond acceptors (Lipinski definition) is 5. The molecule has 3 rings (SSSR count). The normalized spacial score (nSPS) is 20.6. The molecule has 0 aliphatic carbocycles. The second kappa shape index (κ2) is 9.22. The Kier molecular flexibility index (Phi) is 6.90. The number of amides is 1. The maximum atomic E-state index is 13.4. The molecule has 0 radical (unpaired) electrons. The van der Waals surface area contributed by atoms with Crippen molar-refractivity contribution in [1.82, 2.24) is 9.80 Å². The summed E-state index contributed by atoms with van der Waals surface area (Å²) in [6, 6.07) is 8.01. The molecule has 0 N–H and O–H groups in total. The van der Waals surface area contributed by atoms with E-state index in [0.717, 1.165) is 34.4 Å². The first kappa shape index (κ1) is 21.7. The minimum Gasteiger partial charge on any atom is -0.469 e. The zero-order valence-electron chi connectivity index (χ0n) is 17.4. The average molecular weight is 462 g/mol. The number of hydrogen-bond donors (Lipinski definition) is 0. The van der Waals surface area contributed by atoms with Crippen LogP contribution in [0.15, 0.2) is 39.8 Å². The Bertz CT molecular complexity index is 832. The number of allylic oxidation sites excluding steroid dienone is 1. The van der Waals surface area contributed by atoms with Crippen molar-refractivity contribution >= 4 is 39.2 Å². The molecule has 0 spiro atoms. The molecule has 2 aliphatic rings. The number of carbonyl (C=O) groups is 2. The van der Waals surface area contributed by atoms with E-state index in [-0.39, 0.29) is 30.3 Å². The number of benzene rings is 1. The van der Waals surface area contributed by atoms with Gasteiger partial charge in [0.15, 0.2) is 0 Å². The van der Waals surface area contributed by atoms with Gasteiger partial charge in [-0.15, -0.1) is 0 Å². The van der Waals surface area contributed by atoms with Gasteiger partial charge < -0.3 is 9.64 Å². The van der Waals surface area contributed by atoms with Crippen LogP contribution in [0, 0.1) is 11.8 Å². The van der Waals surface area contributed by atoms with Crippen molar-refractivity contribution in [1.29, 1.82) is 0 Å². The van der Waals surface area contributed by atoms with E-state index in [4.69, 9.17) is 9.73 Å². The molecule has 1 amide bonds. The molecule has 1 aromatic carbocycles. The highest BCUT2D eigenvalue weighted by Crippen LogP contribution is 2.29. The molecule has 1 fully saturated rings. The third kappa shape index (κ3) is 4.95. The molecule has 0 bridgehead atoms. The van der Waals surface area contributed by atoms with Gasteiger partial charge in [0.2, 0.25) is 5.91 Å². The van der Waals surface area contributed by atoms with Gasteiger partial charge in [-0.3, -0.25) is 19.5 Å². The van der Waals surface area contributed by atoms with Crippen LogP contribution in [0.5, 0.6) is 0 Å². The van der Waals surface area contributed by atoms with E-state index >= 15 is 0 Å². The van der Waals surface area contributed by atoms with Crippen molar-refractivity contribution in [2.24, 2.45) is 16.8 Å². The Morgan fingerprint density at radius 2 is 1.97 bits per heavy atom. The van der Waals surface area contributed by atoms with Gasteiger partial charge in [-0.25, -0.2) is 0 Å². The summed E-state index contributed by atoms with van der Waals surface area (Å²) in [4.78, 5) is 34.1. The first-order valence-corrected chi connectivity index (χ1v) is 10.7. The lowest BCUT2D eigenvalue weighted by atomic mass is 9.90. The number of rotatable bonds is 6. The maximum absolute atomic E-state index is 13.4. The molecule has 2 atom stereocenters. The van der Waals surface area contributed by atoms with Gasteiger partial charge in [0.05, 0.1) is 37.9 Å². The van der Waals surface area contributed by atoms with Crippen LogP contribution in [-0.2, 0) is 14.3 Å². The molecule has 2 aliphatic heterocycles. The van der Waals surface area contributed by atoms with Crippen molar-refractivity contribution in [2.45, 2.75) is 32.7 Å². The maximum Gasteiger partial charge on any atom is 0.306 e. The summed E-state index contributed by atoms with van der Waals surface area (Å²) in [5, 5.41) is 0. The van der Waals surface area contributed by atoms with E-state index in [9.17, 15) is 9.59 Å². The number of nitrogens with zero attached hydrogens (tertiary/aromatic N) is 3. The molecular formula is C22H28BrN3O3. The van der Waals surface area contributed by atoms with E-state index in [0.29, 0.717) is 6.67 Å². The van der Waals surface area contributed by atoms with Crippen molar-refractivity contribution < 1.29 is 14.3 Å². The predicted molar refractivity (Wildman–Crippen MR) is 117 cm³/mol. The van der Waals surface area contributed by atoms with Crippen LogP contribution in [0.4, 0.5) is 0 Å². The standard InChI is InChI=1S/C22H28BrN3O3/c1-14(2)17(11-21(27)29-4)22(28)26-13-25(3)12-20(26)19-10-9-18(24-19)15-5-7-16(23)8-6-15/h5-9,14,17,20H,10-13H2,1-4H3/t17-,20-/m0/s1. The molecule has 0 saturated carbocycles. The zero-order chi connectivity index (χ0) is 21.1. The van der Waals surface area contributed by atoms with Gasteiger partial charge in [0.1, 0.15) is 0 Å².